The third-order valence-electron chi connectivity index (χ3n) is 4.58. The molecule has 9 heteroatoms. The first-order chi connectivity index (χ1) is 14.0. The number of carbonyl (C=O) groups is 1. The number of nitrogens with zero attached hydrogens (tertiary/aromatic N) is 3. The molecule has 1 aliphatic rings. The van der Waals surface area contributed by atoms with Gasteiger partial charge in [0.25, 0.3) is 5.69 Å². The van der Waals surface area contributed by atoms with Gasteiger partial charge in [-0.25, -0.2) is 4.92 Å². The fraction of sp³-hybridized carbons (Fsp3) is 0. The zero-order chi connectivity index (χ0) is 20.5. The van der Waals surface area contributed by atoms with E-state index in [9.17, 15) is 23.5 Å². The third kappa shape index (κ3) is 3.27. The Morgan fingerprint density at radius 2 is 1.34 bits per heavy atom. The molecule has 6 nitrogen and oxygen atoms in total. The van der Waals surface area contributed by atoms with E-state index in [4.69, 9.17) is 0 Å². The Balaban J connectivity index is 1.85. The van der Waals surface area contributed by atoms with Crippen LogP contribution in [0.2, 0.25) is 0 Å². The first kappa shape index (κ1) is 18.5. The number of Topliss-reactive ketones (excluding diaryl/α,β-unsaturated/α-hetero) is 1. The predicted molar refractivity (Wildman–Crippen MR) is 106 cm³/mol. The summed E-state index contributed by atoms with van der Waals surface area (Å²) in [4.78, 5) is 23.6. The highest BCUT2D eigenvalue weighted by Gasteiger charge is 2.32. The molecule has 0 aliphatic heterocycles. The Labute approximate surface area is 164 Å². The fourth-order valence-corrected chi connectivity index (χ4v) is 3.24. The molecular weight excluding hydrogens is 379 g/mol. The maximum atomic E-state index is 13.8. The number of non-ortho nitro benzene ring substituents is 1. The van der Waals surface area contributed by atoms with Gasteiger partial charge in [-0.05, 0) is 23.3 Å². The number of nitro benzene ring substituents is 1. The van der Waals surface area contributed by atoms with Crippen LogP contribution in [0.5, 0.6) is 0 Å². The molecule has 0 saturated heterocycles. The van der Waals surface area contributed by atoms with E-state index in [2.05, 4.69) is 5.10 Å². The van der Waals surface area contributed by atoms with Gasteiger partial charge in [0.2, 0.25) is 5.78 Å². The Hall–Kier alpha value is -3.88. The van der Waals surface area contributed by atoms with E-state index >= 15 is 0 Å². The molecule has 4 rings (SSSR count). The van der Waals surface area contributed by atoms with Crippen molar-refractivity contribution in [3.05, 3.63) is 94.0 Å². The minimum atomic E-state index is -3.05. The molecule has 0 bridgehead atoms. The van der Waals surface area contributed by atoms with Crippen molar-refractivity contribution < 1.29 is 18.3 Å². The van der Waals surface area contributed by atoms with E-state index in [-0.39, 0.29) is 17.1 Å². The van der Waals surface area contributed by atoms with Gasteiger partial charge in [-0.3, -0.25) is 23.5 Å². The number of rotatable bonds is 4. The van der Waals surface area contributed by atoms with Crippen LogP contribution in [0, 0.1) is 10.1 Å². The number of anilines is 1. The number of nitro groups is 1. The number of hydrogen-bond acceptors (Lipinski definition) is 5. The summed E-state index contributed by atoms with van der Waals surface area (Å²) in [5, 5.41) is 14.8. The zero-order valence-corrected chi connectivity index (χ0v) is 14.8. The number of hydrazone groups is 1. The summed E-state index contributed by atoms with van der Waals surface area (Å²) in [6.07, 6.45) is 0. The summed E-state index contributed by atoms with van der Waals surface area (Å²) in [6.45, 7) is 0. The number of ketones is 1. The molecule has 0 radical (unpaired) electrons. The number of carbonyl (C=O) groups excluding carboxylic acids is 1. The van der Waals surface area contributed by atoms with Crippen LogP contribution in [0.3, 0.4) is 0 Å². The van der Waals surface area contributed by atoms with Crippen molar-refractivity contribution in [1.29, 1.82) is 0 Å². The van der Waals surface area contributed by atoms with Crippen LogP contribution in [-0.2, 0) is 0 Å². The summed E-state index contributed by atoms with van der Waals surface area (Å²) >= 11 is 0. The first-order valence-corrected chi connectivity index (χ1v) is 8.61. The van der Waals surface area contributed by atoms with Gasteiger partial charge < -0.3 is 0 Å². The maximum absolute atomic E-state index is 13.8. The Bertz CT molecular complexity index is 1150. The van der Waals surface area contributed by atoms with Gasteiger partial charge in [0.15, 0.2) is 0 Å². The maximum Gasteiger partial charge on any atom is 0.695 e. The van der Waals surface area contributed by atoms with Crippen LogP contribution >= 0.6 is 0 Å². The number of benzene rings is 3. The topological polar surface area (TPSA) is 75.8 Å². The minimum Gasteiger partial charge on any atom is -0.287 e. The second-order valence-electron chi connectivity index (χ2n) is 6.26. The lowest BCUT2D eigenvalue weighted by Gasteiger charge is -2.23. The van der Waals surface area contributed by atoms with Gasteiger partial charge in [-0.2, -0.15) is 5.10 Å². The predicted octanol–water partition coefficient (Wildman–Crippen LogP) is 4.59. The van der Waals surface area contributed by atoms with Crippen molar-refractivity contribution in [2.75, 3.05) is 4.92 Å². The highest BCUT2D eigenvalue weighted by Crippen LogP contribution is 2.34. The smallest absolute Gasteiger partial charge is 0.287 e. The largest absolute Gasteiger partial charge is 0.695 e. The molecule has 0 saturated carbocycles. The molecule has 0 unspecified atom stereocenters. The van der Waals surface area contributed by atoms with E-state index in [1.807, 2.05) is 0 Å². The first-order valence-electron chi connectivity index (χ1n) is 8.61. The van der Waals surface area contributed by atoms with Crippen LogP contribution in [0.25, 0.3) is 11.1 Å². The summed E-state index contributed by atoms with van der Waals surface area (Å²) in [6, 6.07) is 18.4. The Morgan fingerprint density at radius 1 is 0.828 bits per heavy atom. The fourth-order valence-electron chi connectivity index (χ4n) is 3.24. The molecule has 3 aromatic rings. The van der Waals surface area contributed by atoms with Gasteiger partial charge >= 0.3 is 7.40 Å². The van der Waals surface area contributed by atoms with Crippen molar-refractivity contribution in [3.8, 4) is 11.1 Å². The lowest BCUT2D eigenvalue weighted by Crippen LogP contribution is -2.32. The van der Waals surface area contributed by atoms with Crippen LogP contribution in [0.4, 0.5) is 20.0 Å². The third-order valence-corrected chi connectivity index (χ3v) is 4.58. The van der Waals surface area contributed by atoms with E-state index < -0.39 is 18.1 Å². The number of halogens is 2. The van der Waals surface area contributed by atoms with Crippen molar-refractivity contribution in [1.82, 2.24) is 0 Å². The van der Waals surface area contributed by atoms with Crippen LogP contribution in [-0.4, -0.2) is 23.8 Å². The van der Waals surface area contributed by atoms with Crippen molar-refractivity contribution >= 4 is 30.3 Å². The monoisotopic (exact) mass is 391 g/mol. The molecule has 1 aliphatic carbocycles. The molecule has 142 valence electrons. The van der Waals surface area contributed by atoms with Gasteiger partial charge in [0, 0.05) is 23.3 Å². The second kappa shape index (κ2) is 7.27. The summed E-state index contributed by atoms with van der Waals surface area (Å²) in [7, 11) is -3.05. The molecule has 0 heterocycles. The average molecular weight is 391 g/mol. The van der Waals surface area contributed by atoms with Crippen LogP contribution in [0.15, 0.2) is 77.9 Å². The quantitative estimate of drug-likeness (QED) is 0.370. The van der Waals surface area contributed by atoms with Crippen LogP contribution < -0.4 is 4.92 Å². The summed E-state index contributed by atoms with van der Waals surface area (Å²) < 4.78 is 27.5. The van der Waals surface area contributed by atoms with Gasteiger partial charge in [0.05, 0.1) is 10.6 Å². The summed E-state index contributed by atoms with van der Waals surface area (Å²) in [5.41, 5.74) is 1.85. The molecule has 29 heavy (non-hydrogen) atoms. The average Bonchev–Trinajstić information content (AvgIpc) is 2.74. The molecule has 0 atom stereocenters. The number of fused-ring (bicyclic) bond motifs is 3. The van der Waals surface area contributed by atoms with Gasteiger partial charge in [-0.1, -0.05) is 48.5 Å². The minimum absolute atomic E-state index is 0.0674. The van der Waals surface area contributed by atoms with Crippen molar-refractivity contribution in [2.45, 2.75) is 0 Å². The SMILES string of the molecule is O=C1/C(=N\N(B(F)F)c2ccc([N+](=O)[O-])cc2)c2ccccc2-c2ccccc21. The van der Waals surface area contributed by atoms with Crippen LogP contribution in [0.1, 0.15) is 15.9 Å². The molecule has 0 fully saturated rings. The highest BCUT2D eigenvalue weighted by atomic mass is 19.2. The lowest BCUT2D eigenvalue weighted by atomic mass is 9.83. The normalized spacial score (nSPS) is 13.6. The summed E-state index contributed by atoms with van der Waals surface area (Å²) in [5.74, 6) is -0.466. The molecule has 0 spiro atoms. The molecule has 0 amide bonds. The lowest BCUT2D eigenvalue weighted by molar-refractivity contribution is -0.384. The van der Waals surface area contributed by atoms with E-state index in [0.29, 0.717) is 21.6 Å². The standard InChI is InChI=1S/C20H12BF2N3O3/c22-21(23)25(13-9-11-14(12-10-13)26(28)29)24-19-17-7-3-1-5-15(17)16-6-2-4-8-18(16)20(19)27/h1-12H/b24-19-. The highest BCUT2D eigenvalue weighted by molar-refractivity contribution is 6.56. The number of hydrogen-bond donors (Lipinski definition) is 0. The van der Waals surface area contributed by atoms with Crippen molar-refractivity contribution in [2.24, 2.45) is 5.10 Å². The molecular formula is C20H12BF2N3O3. The van der Waals surface area contributed by atoms with Gasteiger partial charge in [-0.15, -0.1) is 0 Å². The van der Waals surface area contributed by atoms with Gasteiger partial charge in [0.1, 0.15) is 5.71 Å². The van der Waals surface area contributed by atoms with Crippen molar-refractivity contribution in [3.63, 3.8) is 0 Å². The molecule has 0 N–H and O–H groups in total. The molecule has 3 aromatic carbocycles. The second-order valence-corrected chi connectivity index (χ2v) is 6.26. The van der Waals surface area contributed by atoms with E-state index in [1.54, 1.807) is 48.5 Å². The Kier molecular flexibility index (Phi) is 4.63. The van der Waals surface area contributed by atoms with E-state index in [1.165, 1.54) is 12.1 Å². The van der Waals surface area contributed by atoms with E-state index in [0.717, 1.165) is 17.7 Å². The molecule has 0 aromatic heterocycles. The zero-order valence-electron chi connectivity index (χ0n) is 14.8. The Morgan fingerprint density at radius 3 is 1.90 bits per heavy atom.